The third kappa shape index (κ3) is 5.21. The Morgan fingerprint density at radius 1 is 1.16 bits per heavy atom. The monoisotopic (exact) mass is 454 g/mol. The molecule has 0 bridgehead atoms. The van der Waals surface area contributed by atoms with E-state index in [1.807, 2.05) is 36.4 Å². The minimum atomic E-state index is -0.616. The molecule has 0 aliphatic heterocycles. The maximum Gasteiger partial charge on any atom is 0.227 e. The van der Waals surface area contributed by atoms with Crippen molar-refractivity contribution in [3.63, 3.8) is 0 Å². The Morgan fingerprint density at radius 2 is 1.88 bits per heavy atom. The Bertz CT molecular complexity index is 1070. The molecule has 1 amide bonds. The van der Waals surface area contributed by atoms with E-state index in [2.05, 4.69) is 17.2 Å². The van der Waals surface area contributed by atoms with E-state index in [-0.39, 0.29) is 17.9 Å². The van der Waals surface area contributed by atoms with Gasteiger partial charge in [-0.05, 0) is 74.4 Å². The van der Waals surface area contributed by atoms with Crippen LogP contribution in [-0.2, 0) is 11.5 Å². The van der Waals surface area contributed by atoms with Gasteiger partial charge in [-0.25, -0.2) is 9.37 Å². The number of aromatic nitrogens is 1. The number of hydrogen-bond donors (Lipinski definition) is 1. The molecule has 1 aliphatic rings. The number of amides is 1. The number of hydrogen-bond acceptors (Lipinski definition) is 3. The van der Waals surface area contributed by atoms with E-state index in [1.165, 1.54) is 0 Å². The van der Waals surface area contributed by atoms with Crippen LogP contribution >= 0.6 is 11.6 Å². The summed E-state index contributed by atoms with van der Waals surface area (Å²) in [5.74, 6) is 1.04. The van der Waals surface area contributed by atoms with Gasteiger partial charge in [0.2, 0.25) is 5.91 Å². The molecule has 6 heteroatoms. The summed E-state index contributed by atoms with van der Waals surface area (Å²) < 4.78 is 19.6. The molecule has 0 saturated heterocycles. The largest absolute Gasteiger partial charge is 0.490 e. The van der Waals surface area contributed by atoms with E-state index in [4.69, 9.17) is 16.3 Å². The van der Waals surface area contributed by atoms with Crippen LogP contribution in [0.5, 0.6) is 5.75 Å². The van der Waals surface area contributed by atoms with E-state index in [9.17, 15) is 9.18 Å². The number of carbonyl (C=O) groups is 1. The minimum absolute atomic E-state index is 0.0356. The number of halogens is 2. The molecule has 1 saturated carbocycles. The summed E-state index contributed by atoms with van der Waals surface area (Å²) in [5.41, 5.74) is 1.90. The van der Waals surface area contributed by atoms with Crippen molar-refractivity contribution in [2.75, 3.05) is 5.32 Å². The normalized spacial score (nSPS) is 19.5. The summed E-state index contributed by atoms with van der Waals surface area (Å²) >= 11 is 5.93. The van der Waals surface area contributed by atoms with E-state index in [0.717, 1.165) is 48.7 Å². The number of nitrogens with zero attached hydrogens (tertiary/aromatic N) is 1. The Balaban J connectivity index is 1.38. The van der Waals surface area contributed by atoms with Crippen LogP contribution in [0.1, 0.15) is 44.7 Å². The van der Waals surface area contributed by atoms with Gasteiger partial charge in [0.25, 0.3) is 0 Å². The standard InChI is InChI=1S/C26H28ClFN2O2/c1-2-22(26(31)30-19-11-9-18(27)10-12-19)17-7-13-21(14-8-17)32-25-15-20(16-28)29-24-6-4-3-5-23(24)25/h3-6,9-12,15,17,21-22H,2,7-8,13-14,16H2,1H3,(H,30,31). The molecule has 2 aromatic carbocycles. The van der Waals surface area contributed by atoms with Crippen molar-refractivity contribution in [3.8, 4) is 5.75 Å². The molecule has 3 aromatic rings. The molecule has 1 aromatic heterocycles. The second-order valence-electron chi connectivity index (χ2n) is 8.43. The number of fused-ring (bicyclic) bond motifs is 1. The lowest BCUT2D eigenvalue weighted by atomic mass is 9.77. The van der Waals surface area contributed by atoms with Crippen molar-refractivity contribution in [2.24, 2.45) is 11.8 Å². The van der Waals surface area contributed by atoms with E-state index in [1.54, 1.807) is 18.2 Å². The predicted octanol–water partition coefficient (Wildman–Crippen LogP) is 6.96. The third-order valence-electron chi connectivity index (χ3n) is 6.34. The molecule has 1 fully saturated rings. The molecule has 1 atom stereocenters. The number of nitrogens with one attached hydrogen (secondary N) is 1. The predicted molar refractivity (Wildman–Crippen MR) is 127 cm³/mol. The van der Waals surface area contributed by atoms with Gasteiger partial charge in [-0.15, -0.1) is 0 Å². The summed E-state index contributed by atoms with van der Waals surface area (Å²) in [7, 11) is 0. The lowest BCUT2D eigenvalue weighted by Gasteiger charge is -2.33. The summed E-state index contributed by atoms with van der Waals surface area (Å²) in [6.07, 6.45) is 4.45. The van der Waals surface area contributed by atoms with Crippen LogP contribution in [0.3, 0.4) is 0 Å². The van der Waals surface area contributed by atoms with Crippen LogP contribution < -0.4 is 10.1 Å². The quantitative estimate of drug-likeness (QED) is 0.419. The first-order valence-electron chi connectivity index (χ1n) is 11.2. The number of pyridine rings is 1. The van der Waals surface area contributed by atoms with Crippen molar-refractivity contribution in [2.45, 2.75) is 51.8 Å². The SMILES string of the molecule is CCC(C(=O)Nc1ccc(Cl)cc1)C1CCC(Oc2cc(CF)nc3ccccc23)CC1. The van der Waals surface area contributed by atoms with Gasteiger partial charge in [0.15, 0.2) is 0 Å². The molecule has 1 heterocycles. The lowest BCUT2D eigenvalue weighted by Crippen LogP contribution is -2.34. The van der Waals surface area contributed by atoms with Crippen LogP contribution in [0.4, 0.5) is 10.1 Å². The van der Waals surface area contributed by atoms with Crippen molar-refractivity contribution >= 4 is 34.1 Å². The van der Waals surface area contributed by atoms with Gasteiger partial charge in [-0.1, -0.05) is 30.7 Å². The number of ether oxygens (including phenoxy) is 1. The van der Waals surface area contributed by atoms with Gasteiger partial charge < -0.3 is 10.1 Å². The number of anilines is 1. The van der Waals surface area contributed by atoms with Crippen molar-refractivity contribution in [3.05, 3.63) is 65.3 Å². The Labute approximate surface area is 193 Å². The third-order valence-corrected chi connectivity index (χ3v) is 6.59. The van der Waals surface area contributed by atoms with E-state index < -0.39 is 6.67 Å². The van der Waals surface area contributed by atoms with Gasteiger partial charge in [0.05, 0.1) is 17.3 Å². The lowest BCUT2D eigenvalue weighted by molar-refractivity contribution is -0.122. The highest BCUT2D eigenvalue weighted by Crippen LogP contribution is 2.36. The molecule has 0 spiro atoms. The molecule has 1 N–H and O–H groups in total. The summed E-state index contributed by atoms with van der Waals surface area (Å²) in [4.78, 5) is 17.2. The summed E-state index contributed by atoms with van der Waals surface area (Å²) in [6, 6.07) is 16.6. The fourth-order valence-corrected chi connectivity index (χ4v) is 4.78. The van der Waals surface area contributed by atoms with Crippen molar-refractivity contribution in [1.29, 1.82) is 0 Å². The molecule has 32 heavy (non-hydrogen) atoms. The molecular formula is C26H28ClFN2O2. The van der Waals surface area contributed by atoms with E-state index in [0.29, 0.717) is 22.4 Å². The summed E-state index contributed by atoms with van der Waals surface area (Å²) in [6.45, 7) is 1.45. The first kappa shape index (κ1) is 22.5. The van der Waals surface area contributed by atoms with Crippen LogP contribution in [0.2, 0.25) is 5.02 Å². The number of benzene rings is 2. The Morgan fingerprint density at radius 3 is 2.56 bits per heavy atom. The fourth-order valence-electron chi connectivity index (χ4n) is 4.65. The fraction of sp³-hybridized carbons (Fsp3) is 0.385. The second kappa shape index (κ2) is 10.3. The minimum Gasteiger partial charge on any atom is -0.490 e. The highest BCUT2D eigenvalue weighted by Gasteiger charge is 2.32. The maximum atomic E-state index is 13.3. The highest BCUT2D eigenvalue weighted by atomic mass is 35.5. The maximum absolute atomic E-state index is 13.3. The van der Waals surface area contributed by atoms with Gasteiger partial charge >= 0.3 is 0 Å². The van der Waals surface area contributed by atoms with Crippen LogP contribution in [0.15, 0.2) is 54.6 Å². The number of alkyl halides is 1. The zero-order valence-electron chi connectivity index (χ0n) is 18.2. The summed E-state index contributed by atoms with van der Waals surface area (Å²) in [5, 5.41) is 4.58. The topological polar surface area (TPSA) is 51.2 Å². The zero-order chi connectivity index (χ0) is 22.5. The average molecular weight is 455 g/mol. The van der Waals surface area contributed by atoms with E-state index >= 15 is 0 Å². The molecule has 0 radical (unpaired) electrons. The number of para-hydroxylation sites is 1. The van der Waals surface area contributed by atoms with Crippen molar-refractivity contribution in [1.82, 2.24) is 4.98 Å². The van der Waals surface area contributed by atoms with Crippen LogP contribution in [0.25, 0.3) is 10.9 Å². The first-order chi connectivity index (χ1) is 15.6. The smallest absolute Gasteiger partial charge is 0.227 e. The van der Waals surface area contributed by atoms with Crippen LogP contribution in [-0.4, -0.2) is 17.0 Å². The molecule has 4 nitrogen and oxygen atoms in total. The van der Waals surface area contributed by atoms with Gasteiger partial charge in [0, 0.05) is 28.1 Å². The molecule has 168 valence electrons. The number of rotatable bonds is 7. The second-order valence-corrected chi connectivity index (χ2v) is 8.86. The van der Waals surface area contributed by atoms with Gasteiger partial charge in [-0.2, -0.15) is 0 Å². The molecule has 1 aliphatic carbocycles. The van der Waals surface area contributed by atoms with Gasteiger partial charge in [-0.3, -0.25) is 4.79 Å². The van der Waals surface area contributed by atoms with Crippen molar-refractivity contribution < 1.29 is 13.9 Å². The Hall–Kier alpha value is -2.66. The number of carbonyl (C=O) groups excluding carboxylic acids is 1. The first-order valence-corrected chi connectivity index (χ1v) is 11.6. The Kier molecular flexibility index (Phi) is 7.26. The molecule has 4 rings (SSSR count). The average Bonchev–Trinajstić information content (AvgIpc) is 2.82. The highest BCUT2D eigenvalue weighted by molar-refractivity contribution is 6.30. The zero-order valence-corrected chi connectivity index (χ0v) is 18.9. The van der Waals surface area contributed by atoms with Crippen LogP contribution in [0, 0.1) is 11.8 Å². The molecular weight excluding hydrogens is 427 g/mol. The van der Waals surface area contributed by atoms with Gasteiger partial charge in [0.1, 0.15) is 12.4 Å². The molecule has 1 unspecified atom stereocenters.